The lowest BCUT2D eigenvalue weighted by molar-refractivity contribution is 0.0769. The zero-order valence-electron chi connectivity index (χ0n) is 10.3. The highest BCUT2D eigenvalue weighted by atomic mass is 32.2. The van der Waals surface area contributed by atoms with Crippen LogP contribution in [0.15, 0.2) is 42.5 Å². The molecule has 1 aliphatic heterocycles. The Morgan fingerprint density at radius 2 is 2.00 bits per heavy atom. The molecule has 0 aromatic heterocycles. The lowest BCUT2D eigenvalue weighted by Crippen LogP contribution is -2.33. The van der Waals surface area contributed by atoms with Gasteiger partial charge in [0.05, 0.1) is 5.37 Å². The summed E-state index contributed by atoms with van der Waals surface area (Å²) >= 11 is 1.84. The van der Waals surface area contributed by atoms with Crippen LogP contribution in [-0.2, 0) is 0 Å². The quantitative estimate of drug-likeness (QED) is 0.780. The normalized spacial score (nSPS) is 19.4. The molecule has 3 rings (SSSR count). The van der Waals surface area contributed by atoms with Crippen LogP contribution in [0.5, 0.6) is 0 Å². The Balaban J connectivity index is 1.96. The minimum absolute atomic E-state index is 0.151. The van der Waals surface area contributed by atoms with Crippen LogP contribution in [0.4, 0.5) is 0 Å². The molecule has 0 radical (unpaired) electrons. The average molecular weight is 257 g/mol. The lowest BCUT2D eigenvalue weighted by Gasteiger charge is -2.20. The summed E-state index contributed by atoms with van der Waals surface area (Å²) in [7, 11) is 0. The third-order valence-electron chi connectivity index (χ3n) is 3.39. The Bertz CT molecular complexity index is 596. The second-order valence-electron chi connectivity index (χ2n) is 4.53. The summed E-state index contributed by atoms with van der Waals surface area (Å²) in [5, 5.41) is 2.60. The molecule has 1 heterocycles. The van der Waals surface area contributed by atoms with E-state index < -0.39 is 0 Å². The maximum Gasteiger partial charge on any atom is 0.254 e. The second kappa shape index (κ2) is 4.65. The number of carbonyl (C=O) groups is 1. The molecular formula is C15H15NOS. The number of carbonyl (C=O) groups excluding carboxylic acids is 1. The molecule has 1 fully saturated rings. The third kappa shape index (κ3) is 1.99. The predicted molar refractivity (Wildman–Crippen MR) is 76.9 cm³/mol. The van der Waals surface area contributed by atoms with E-state index in [1.807, 2.05) is 53.1 Å². The van der Waals surface area contributed by atoms with Gasteiger partial charge in [0.1, 0.15) is 0 Å². The number of thioether (sulfide) groups is 1. The van der Waals surface area contributed by atoms with Crippen LogP contribution in [0.1, 0.15) is 17.3 Å². The van der Waals surface area contributed by atoms with E-state index in [2.05, 4.69) is 13.0 Å². The maximum atomic E-state index is 12.4. The zero-order chi connectivity index (χ0) is 12.5. The van der Waals surface area contributed by atoms with E-state index >= 15 is 0 Å². The molecule has 0 N–H and O–H groups in total. The van der Waals surface area contributed by atoms with Crippen LogP contribution in [0.2, 0.25) is 0 Å². The Hall–Kier alpha value is -1.48. The van der Waals surface area contributed by atoms with E-state index in [9.17, 15) is 4.79 Å². The molecule has 0 saturated carbocycles. The van der Waals surface area contributed by atoms with Gasteiger partial charge in [0, 0.05) is 17.9 Å². The summed E-state index contributed by atoms with van der Waals surface area (Å²) in [6, 6.07) is 14.1. The molecule has 0 spiro atoms. The van der Waals surface area contributed by atoms with Crippen molar-refractivity contribution in [2.24, 2.45) is 0 Å². The number of rotatable bonds is 1. The first-order chi connectivity index (χ1) is 8.75. The standard InChI is InChI=1S/C15H15NOS/c1-11-16(8-9-18-11)15(17)14-7-6-12-4-2-3-5-13(12)10-14/h2-7,10-11H,8-9H2,1H3. The summed E-state index contributed by atoms with van der Waals surface area (Å²) in [5.74, 6) is 1.19. The van der Waals surface area contributed by atoms with E-state index in [4.69, 9.17) is 0 Å². The van der Waals surface area contributed by atoms with Crippen molar-refractivity contribution in [2.75, 3.05) is 12.3 Å². The van der Waals surface area contributed by atoms with Gasteiger partial charge in [-0.3, -0.25) is 4.79 Å². The van der Waals surface area contributed by atoms with Gasteiger partial charge in [-0.1, -0.05) is 30.3 Å². The maximum absolute atomic E-state index is 12.4. The molecule has 1 aliphatic rings. The van der Waals surface area contributed by atoms with Crippen LogP contribution in [0.3, 0.4) is 0 Å². The molecule has 18 heavy (non-hydrogen) atoms. The average Bonchev–Trinajstić information content (AvgIpc) is 2.83. The summed E-state index contributed by atoms with van der Waals surface area (Å²) in [5.41, 5.74) is 0.794. The zero-order valence-corrected chi connectivity index (χ0v) is 11.1. The van der Waals surface area contributed by atoms with E-state index in [0.29, 0.717) is 5.37 Å². The summed E-state index contributed by atoms with van der Waals surface area (Å²) in [4.78, 5) is 14.4. The van der Waals surface area contributed by atoms with E-state index in [0.717, 1.165) is 23.2 Å². The SMILES string of the molecule is CC1SCCN1C(=O)c1ccc2ccccc2c1. The predicted octanol–water partition coefficient (Wildman–Crippen LogP) is 3.37. The molecule has 1 atom stereocenters. The third-order valence-corrected chi connectivity index (χ3v) is 4.54. The van der Waals surface area contributed by atoms with Crippen LogP contribution < -0.4 is 0 Å². The second-order valence-corrected chi connectivity index (χ2v) is 5.95. The highest BCUT2D eigenvalue weighted by molar-refractivity contribution is 8.00. The lowest BCUT2D eigenvalue weighted by atomic mass is 10.1. The fraction of sp³-hybridized carbons (Fsp3) is 0.267. The Labute approximate surface area is 111 Å². The van der Waals surface area contributed by atoms with Crippen molar-refractivity contribution < 1.29 is 4.79 Å². The number of hydrogen-bond donors (Lipinski definition) is 0. The van der Waals surface area contributed by atoms with E-state index in [1.54, 1.807) is 0 Å². The van der Waals surface area contributed by atoms with Crippen molar-refractivity contribution in [1.29, 1.82) is 0 Å². The van der Waals surface area contributed by atoms with Crippen molar-refractivity contribution in [3.8, 4) is 0 Å². The smallest absolute Gasteiger partial charge is 0.254 e. The van der Waals surface area contributed by atoms with E-state index in [-0.39, 0.29) is 5.91 Å². The minimum atomic E-state index is 0.151. The number of benzene rings is 2. The van der Waals surface area contributed by atoms with Gasteiger partial charge in [0.25, 0.3) is 5.91 Å². The van der Waals surface area contributed by atoms with Gasteiger partial charge in [-0.05, 0) is 29.8 Å². The van der Waals surface area contributed by atoms with Crippen molar-refractivity contribution in [3.05, 3.63) is 48.0 Å². The van der Waals surface area contributed by atoms with E-state index in [1.165, 1.54) is 5.39 Å². The van der Waals surface area contributed by atoms with Crippen LogP contribution in [0.25, 0.3) is 10.8 Å². The number of fused-ring (bicyclic) bond motifs is 1. The fourth-order valence-corrected chi connectivity index (χ4v) is 3.37. The van der Waals surface area contributed by atoms with Gasteiger partial charge in [-0.25, -0.2) is 0 Å². The summed E-state index contributed by atoms with van der Waals surface area (Å²) in [6.45, 7) is 2.95. The first kappa shape index (κ1) is 11.6. The Kier molecular flexibility index (Phi) is 3.00. The fourth-order valence-electron chi connectivity index (χ4n) is 2.35. The van der Waals surface area contributed by atoms with Gasteiger partial charge in [-0.2, -0.15) is 0 Å². The monoisotopic (exact) mass is 257 g/mol. The topological polar surface area (TPSA) is 20.3 Å². The van der Waals surface area contributed by atoms with Crippen molar-refractivity contribution >= 4 is 28.4 Å². The van der Waals surface area contributed by atoms with Crippen molar-refractivity contribution in [2.45, 2.75) is 12.3 Å². The van der Waals surface area contributed by atoms with Crippen LogP contribution in [-0.4, -0.2) is 28.5 Å². The highest BCUT2D eigenvalue weighted by Crippen LogP contribution is 2.25. The molecular weight excluding hydrogens is 242 g/mol. The van der Waals surface area contributed by atoms with Crippen molar-refractivity contribution in [3.63, 3.8) is 0 Å². The molecule has 1 unspecified atom stereocenters. The largest absolute Gasteiger partial charge is 0.326 e. The highest BCUT2D eigenvalue weighted by Gasteiger charge is 2.26. The molecule has 1 amide bonds. The van der Waals surface area contributed by atoms with Gasteiger partial charge < -0.3 is 4.90 Å². The first-order valence-electron chi connectivity index (χ1n) is 6.17. The Morgan fingerprint density at radius 1 is 1.22 bits per heavy atom. The summed E-state index contributed by atoms with van der Waals surface area (Å²) in [6.07, 6.45) is 0. The molecule has 92 valence electrons. The molecule has 2 aromatic rings. The molecule has 2 nitrogen and oxygen atoms in total. The molecule has 2 aromatic carbocycles. The summed E-state index contributed by atoms with van der Waals surface area (Å²) < 4.78 is 0. The van der Waals surface area contributed by atoms with Gasteiger partial charge >= 0.3 is 0 Å². The number of nitrogens with zero attached hydrogens (tertiary/aromatic N) is 1. The van der Waals surface area contributed by atoms with Crippen LogP contribution in [0, 0.1) is 0 Å². The Morgan fingerprint density at radius 3 is 2.72 bits per heavy atom. The first-order valence-corrected chi connectivity index (χ1v) is 7.22. The molecule has 0 aliphatic carbocycles. The molecule has 0 bridgehead atoms. The van der Waals surface area contributed by atoms with Gasteiger partial charge in [0.15, 0.2) is 0 Å². The van der Waals surface area contributed by atoms with Crippen LogP contribution >= 0.6 is 11.8 Å². The number of hydrogen-bond acceptors (Lipinski definition) is 2. The van der Waals surface area contributed by atoms with Gasteiger partial charge in [0.2, 0.25) is 0 Å². The number of amides is 1. The van der Waals surface area contributed by atoms with Gasteiger partial charge in [-0.15, -0.1) is 11.8 Å². The molecule has 1 saturated heterocycles. The van der Waals surface area contributed by atoms with Crippen molar-refractivity contribution in [1.82, 2.24) is 4.90 Å². The minimum Gasteiger partial charge on any atom is -0.326 e. The molecule has 3 heteroatoms.